The maximum absolute atomic E-state index is 12.6. The van der Waals surface area contributed by atoms with Gasteiger partial charge in [0.2, 0.25) is 5.88 Å². The summed E-state index contributed by atoms with van der Waals surface area (Å²) in [6, 6.07) is 7.71. The van der Waals surface area contributed by atoms with E-state index in [4.69, 9.17) is 9.47 Å². The average Bonchev–Trinajstić information content (AvgIpc) is 2.59. The van der Waals surface area contributed by atoms with Crippen molar-refractivity contribution in [2.24, 2.45) is 0 Å². The molecule has 0 radical (unpaired) electrons. The van der Waals surface area contributed by atoms with Gasteiger partial charge in [0.05, 0.1) is 31.6 Å². The molecule has 1 aromatic heterocycles. The van der Waals surface area contributed by atoms with Crippen molar-refractivity contribution in [1.82, 2.24) is 14.9 Å². The Kier molecular flexibility index (Phi) is 4.36. The Morgan fingerprint density at radius 3 is 2.92 bits per heavy atom. The number of ether oxygens (including phenoxy) is 2. The Morgan fingerprint density at radius 2 is 2.15 bits per heavy atom. The summed E-state index contributed by atoms with van der Waals surface area (Å²) in [4.78, 5) is 23.0. The monoisotopic (exact) mass is 353 g/mol. The largest absolute Gasteiger partial charge is 0.473 e. The van der Waals surface area contributed by atoms with E-state index in [0.29, 0.717) is 25.6 Å². The standard InChI is InChI=1S/C20H23N3O3/c1-14-4-3-5-16(8-14)19(24)23-12-20(13-23)9-17(6-7-25-20)26-18-11-21-10-15(2)22-18/h3-5,8,10-11,17H,6-7,9,12-13H2,1-2H3/t17-/m1/s1. The van der Waals surface area contributed by atoms with Gasteiger partial charge < -0.3 is 14.4 Å². The van der Waals surface area contributed by atoms with Crippen LogP contribution in [0.5, 0.6) is 5.88 Å². The third kappa shape index (κ3) is 3.42. The van der Waals surface area contributed by atoms with Gasteiger partial charge in [-0.3, -0.25) is 9.78 Å². The van der Waals surface area contributed by atoms with Gasteiger partial charge in [-0.05, 0) is 26.0 Å². The van der Waals surface area contributed by atoms with Gasteiger partial charge >= 0.3 is 0 Å². The number of benzene rings is 1. The van der Waals surface area contributed by atoms with Crippen LogP contribution in [-0.2, 0) is 4.74 Å². The van der Waals surface area contributed by atoms with E-state index in [0.717, 1.165) is 29.7 Å². The van der Waals surface area contributed by atoms with Crippen LogP contribution in [0.15, 0.2) is 36.7 Å². The summed E-state index contributed by atoms with van der Waals surface area (Å²) in [6.07, 6.45) is 4.97. The van der Waals surface area contributed by atoms with E-state index < -0.39 is 0 Å². The van der Waals surface area contributed by atoms with E-state index in [1.165, 1.54) is 0 Å². The number of aryl methyl sites for hydroxylation is 2. The molecule has 26 heavy (non-hydrogen) atoms. The Hall–Kier alpha value is -2.47. The summed E-state index contributed by atoms with van der Waals surface area (Å²) in [5.74, 6) is 0.620. The van der Waals surface area contributed by atoms with Gasteiger partial charge in [0, 0.05) is 24.6 Å². The molecule has 1 atom stereocenters. The van der Waals surface area contributed by atoms with E-state index in [-0.39, 0.29) is 17.6 Å². The molecule has 0 aliphatic carbocycles. The van der Waals surface area contributed by atoms with Crippen molar-refractivity contribution in [3.05, 3.63) is 53.5 Å². The Labute approximate surface area is 153 Å². The first kappa shape index (κ1) is 17.0. The quantitative estimate of drug-likeness (QED) is 0.848. The van der Waals surface area contributed by atoms with Crippen LogP contribution in [0, 0.1) is 13.8 Å². The molecule has 136 valence electrons. The molecule has 0 bridgehead atoms. The summed E-state index contributed by atoms with van der Waals surface area (Å²) in [5.41, 5.74) is 2.37. The van der Waals surface area contributed by atoms with Gasteiger partial charge in [-0.1, -0.05) is 17.7 Å². The molecular formula is C20H23N3O3. The number of carbonyl (C=O) groups excluding carboxylic acids is 1. The molecule has 3 heterocycles. The summed E-state index contributed by atoms with van der Waals surface area (Å²) >= 11 is 0. The highest BCUT2D eigenvalue weighted by Crippen LogP contribution is 2.36. The maximum atomic E-state index is 12.6. The van der Waals surface area contributed by atoms with Crippen LogP contribution in [0.3, 0.4) is 0 Å². The van der Waals surface area contributed by atoms with E-state index in [2.05, 4.69) is 9.97 Å². The molecule has 0 N–H and O–H groups in total. The lowest BCUT2D eigenvalue weighted by Gasteiger charge is -2.52. The predicted molar refractivity (Wildman–Crippen MR) is 96.2 cm³/mol. The predicted octanol–water partition coefficient (Wildman–Crippen LogP) is 2.55. The number of aromatic nitrogens is 2. The topological polar surface area (TPSA) is 64.6 Å². The molecule has 0 saturated carbocycles. The van der Waals surface area contributed by atoms with Crippen molar-refractivity contribution < 1.29 is 14.3 Å². The third-order valence-corrected chi connectivity index (χ3v) is 4.98. The van der Waals surface area contributed by atoms with Crippen molar-refractivity contribution >= 4 is 5.91 Å². The SMILES string of the molecule is Cc1cccc(C(=O)N2CC3(C[C@H](Oc4cncc(C)n4)CCO3)C2)c1. The lowest BCUT2D eigenvalue weighted by atomic mass is 9.84. The molecular weight excluding hydrogens is 330 g/mol. The van der Waals surface area contributed by atoms with Gasteiger partial charge in [-0.15, -0.1) is 0 Å². The highest BCUT2D eigenvalue weighted by atomic mass is 16.5. The molecule has 6 heteroatoms. The summed E-state index contributed by atoms with van der Waals surface area (Å²) < 4.78 is 12.0. The molecule has 2 fully saturated rings. The van der Waals surface area contributed by atoms with E-state index in [9.17, 15) is 4.79 Å². The smallest absolute Gasteiger partial charge is 0.254 e. The average molecular weight is 353 g/mol. The first-order valence-corrected chi connectivity index (χ1v) is 8.98. The van der Waals surface area contributed by atoms with Crippen LogP contribution in [0.1, 0.15) is 34.5 Å². The second-order valence-electron chi connectivity index (χ2n) is 7.29. The van der Waals surface area contributed by atoms with E-state index in [1.54, 1.807) is 12.4 Å². The minimum Gasteiger partial charge on any atom is -0.473 e. The molecule has 4 rings (SSSR count). The van der Waals surface area contributed by atoms with Crippen molar-refractivity contribution in [2.75, 3.05) is 19.7 Å². The van der Waals surface area contributed by atoms with Gasteiger partial charge in [0.25, 0.3) is 5.91 Å². The number of amides is 1. The minimum absolute atomic E-state index is 0.0380. The van der Waals surface area contributed by atoms with Crippen molar-refractivity contribution in [3.8, 4) is 5.88 Å². The molecule has 2 saturated heterocycles. The number of carbonyl (C=O) groups is 1. The van der Waals surface area contributed by atoms with Crippen LogP contribution in [-0.4, -0.2) is 52.2 Å². The number of hydrogen-bond donors (Lipinski definition) is 0. The third-order valence-electron chi connectivity index (χ3n) is 4.98. The van der Waals surface area contributed by atoms with Crippen LogP contribution in [0.25, 0.3) is 0 Å². The van der Waals surface area contributed by atoms with Crippen molar-refractivity contribution in [1.29, 1.82) is 0 Å². The second kappa shape index (κ2) is 6.68. The molecule has 6 nitrogen and oxygen atoms in total. The van der Waals surface area contributed by atoms with Crippen LogP contribution in [0.2, 0.25) is 0 Å². The van der Waals surface area contributed by atoms with Gasteiger partial charge in [0.1, 0.15) is 11.7 Å². The molecule has 2 aromatic rings. The fourth-order valence-electron chi connectivity index (χ4n) is 3.73. The van der Waals surface area contributed by atoms with Crippen LogP contribution >= 0.6 is 0 Å². The van der Waals surface area contributed by atoms with Crippen molar-refractivity contribution in [3.63, 3.8) is 0 Å². The van der Waals surface area contributed by atoms with Crippen LogP contribution < -0.4 is 4.74 Å². The van der Waals surface area contributed by atoms with E-state index in [1.807, 2.05) is 43.0 Å². The number of rotatable bonds is 3. The lowest BCUT2D eigenvalue weighted by Crippen LogP contribution is -2.67. The highest BCUT2D eigenvalue weighted by Gasteiger charge is 2.50. The highest BCUT2D eigenvalue weighted by molar-refractivity contribution is 5.95. The van der Waals surface area contributed by atoms with Gasteiger partial charge in [0.15, 0.2) is 0 Å². The fourth-order valence-corrected chi connectivity index (χ4v) is 3.73. The zero-order valence-electron chi connectivity index (χ0n) is 15.1. The zero-order valence-corrected chi connectivity index (χ0v) is 15.1. The summed E-state index contributed by atoms with van der Waals surface area (Å²) in [5, 5.41) is 0. The molecule has 1 amide bonds. The van der Waals surface area contributed by atoms with Crippen LogP contribution in [0.4, 0.5) is 0 Å². The van der Waals surface area contributed by atoms with Crippen molar-refractivity contribution in [2.45, 2.75) is 38.4 Å². The normalized spacial score (nSPS) is 21.3. The summed E-state index contributed by atoms with van der Waals surface area (Å²) in [7, 11) is 0. The second-order valence-corrected chi connectivity index (χ2v) is 7.29. The number of nitrogens with zero attached hydrogens (tertiary/aromatic N) is 3. The summed E-state index contributed by atoms with van der Waals surface area (Å²) in [6.45, 7) is 5.75. The van der Waals surface area contributed by atoms with E-state index >= 15 is 0 Å². The molecule has 2 aliphatic rings. The van der Waals surface area contributed by atoms with Gasteiger partial charge in [-0.2, -0.15) is 0 Å². The minimum atomic E-state index is -0.292. The lowest BCUT2D eigenvalue weighted by molar-refractivity contribution is -0.174. The first-order chi connectivity index (χ1) is 12.5. The number of likely N-dealkylation sites (tertiary alicyclic amines) is 1. The Morgan fingerprint density at radius 1 is 1.31 bits per heavy atom. The molecule has 0 unspecified atom stereocenters. The molecule has 2 aliphatic heterocycles. The zero-order chi connectivity index (χ0) is 18.1. The Bertz CT molecular complexity index is 817. The molecule has 1 spiro atoms. The Balaban J connectivity index is 1.37. The maximum Gasteiger partial charge on any atom is 0.254 e. The molecule has 1 aromatic carbocycles. The first-order valence-electron chi connectivity index (χ1n) is 8.98. The van der Waals surface area contributed by atoms with Gasteiger partial charge in [-0.25, -0.2) is 4.98 Å². The number of hydrogen-bond acceptors (Lipinski definition) is 5. The fraction of sp³-hybridized carbons (Fsp3) is 0.450.